The second kappa shape index (κ2) is 10.1. The van der Waals surface area contributed by atoms with Gasteiger partial charge in [0.25, 0.3) is 0 Å². The van der Waals surface area contributed by atoms with Crippen LogP contribution in [0.25, 0.3) is 27.9 Å². The van der Waals surface area contributed by atoms with Crippen LogP contribution in [0.5, 0.6) is 0 Å². The lowest BCUT2D eigenvalue weighted by molar-refractivity contribution is 0.186. The normalized spacial score (nSPS) is 14.8. The molecule has 5 rings (SSSR count). The summed E-state index contributed by atoms with van der Waals surface area (Å²) in [6.07, 6.45) is 3.82. The Morgan fingerprint density at radius 1 is 1.08 bits per heavy atom. The molecule has 0 radical (unpaired) electrons. The summed E-state index contributed by atoms with van der Waals surface area (Å²) >= 11 is 6.19. The molecule has 2 N–H and O–H groups in total. The van der Waals surface area contributed by atoms with Crippen molar-refractivity contribution in [2.45, 2.75) is 39.7 Å². The molecular weight excluding hydrogens is 475 g/mol. The van der Waals surface area contributed by atoms with Gasteiger partial charge >= 0.3 is 0 Å². The van der Waals surface area contributed by atoms with Crippen molar-refractivity contribution in [1.82, 2.24) is 19.5 Å². The average molecular weight is 507 g/mol. The summed E-state index contributed by atoms with van der Waals surface area (Å²) in [5.41, 5.74) is 11.4. The average Bonchev–Trinajstić information content (AvgIpc) is 3.29. The molecule has 188 valence electrons. The molecule has 0 amide bonds. The molecule has 0 atom stereocenters. The zero-order valence-electron chi connectivity index (χ0n) is 21.0. The number of aromatic nitrogens is 3. The summed E-state index contributed by atoms with van der Waals surface area (Å²) in [4.78, 5) is 9.57. The van der Waals surface area contributed by atoms with Gasteiger partial charge in [0.1, 0.15) is 11.6 Å². The van der Waals surface area contributed by atoms with E-state index in [9.17, 15) is 0 Å². The van der Waals surface area contributed by atoms with Crippen LogP contribution in [-0.2, 0) is 0 Å². The molecule has 0 unspecified atom stereocenters. The lowest BCUT2D eigenvalue weighted by Crippen LogP contribution is -2.44. The van der Waals surface area contributed by atoms with E-state index in [2.05, 4.69) is 28.7 Å². The minimum Gasteiger partial charge on any atom is -0.383 e. The van der Waals surface area contributed by atoms with Crippen molar-refractivity contribution >= 4 is 28.8 Å². The second-order valence-electron chi connectivity index (χ2n) is 9.37. The third-order valence-electron chi connectivity index (χ3n) is 7.38. The zero-order chi connectivity index (χ0) is 25.4. The topological polar surface area (TPSA) is 62.7 Å². The van der Waals surface area contributed by atoms with Crippen LogP contribution >= 0.6 is 11.6 Å². The molecule has 0 saturated carbocycles. The number of nitrogen functional groups attached to an aromatic ring is 1. The van der Waals surface area contributed by atoms with Crippen LogP contribution < -0.4 is 10.6 Å². The van der Waals surface area contributed by atoms with E-state index in [0.29, 0.717) is 33.7 Å². The highest BCUT2D eigenvalue weighted by Crippen LogP contribution is 2.35. The van der Waals surface area contributed by atoms with Crippen molar-refractivity contribution in [3.8, 4) is 22.3 Å². The SMILES string of the molecule is CCN(CC)C1CCN(c2ccc(-c3cnn4c(N)c(-c5cccc(Cl)c5)c(C)nc34)c(F)c2)CC1. The number of halogens is 2. The highest BCUT2D eigenvalue weighted by atomic mass is 35.5. The molecule has 6 nitrogen and oxygen atoms in total. The van der Waals surface area contributed by atoms with E-state index in [-0.39, 0.29) is 5.82 Å². The lowest BCUT2D eigenvalue weighted by Gasteiger charge is -2.38. The van der Waals surface area contributed by atoms with Crippen molar-refractivity contribution in [1.29, 1.82) is 0 Å². The van der Waals surface area contributed by atoms with Gasteiger partial charge in [-0.25, -0.2) is 9.37 Å². The van der Waals surface area contributed by atoms with E-state index in [1.54, 1.807) is 16.8 Å². The first-order valence-corrected chi connectivity index (χ1v) is 13.0. The molecule has 0 bridgehead atoms. The van der Waals surface area contributed by atoms with Gasteiger partial charge in [-0.3, -0.25) is 0 Å². The Hall–Kier alpha value is -3.16. The smallest absolute Gasteiger partial charge is 0.165 e. The number of anilines is 2. The summed E-state index contributed by atoms with van der Waals surface area (Å²) < 4.78 is 17.0. The Bertz CT molecular complexity index is 1390. The van der Waals surface area contributed by atoms with Gasteiger partial charge in [0, 0.05) is 46.5 Å². The van der Waals surface area contributed by atoms with Crippen molar-refractivity contribution in [2.75, 3.05) is 36.8 Å². The Labute approximate surface area is 216 Å². The first-order chi connectivity index (χ1) is 17.4. The first-order valence-electron chi connectivity index (χ1n) is 12.6. The quantitative estimate of drug-likeness (QED) is 0.344. The van der Waals surface area contributed by atoms with Gasteiger partial charge in [-0.1, -0.05) is 37.6 Å². The monoisotopic (exact) mass is 506 g/mol. The van der Waals surface area contributed by atoms with Crippen LogP contribution in [0.1, 0.15) is 32.4 Å². The molecule has 4 aromatic rings. The van der Waals surface area contributed by atoms with E-state index in [1.807, 2.05) is 43.3 Å². The maximum Gasteiger partial charge on any atom is 0.165 e. The van der Waals surface area contributed by atoms with Crippen LogP contribution in [0.4, 0.5) is 15.9 Å². The van der Waals surface area contributed by atoms with Gasteiger partial charge in [0.05, 0.1) is 11.9 Å². The number of piperidine rings is 1. The third-order valence-corrected chi connectivity index (χ3v) is 7.61. The van der Waals surface area contributed by atoms with E-state index in [1.165, 1.54) is 0 Å². The van der Waals surface area contributed by atoms with E-state index < -0.39 is 0 Å². The summed E-state index contributed by atoms with van der Waals surface area (Å²) in [7, 11) is 0. The summed E-state index contributed by atoms with van der Waals surface area (Å²) in [6, 6.07) is 13.5. The first kappa shape index (κ1) is 24.5. The minimum atomic E-state index is -0.287. The maximum atomic E-state index is 15.5. The second-order valence-corrected chi connectivity index (χ2v) is 9.80. The third kappa shape index (κ3) is 4.42. The number of aryl methyl sites for hydroxylation is 1. The predicted molar refractivity (Wildman–Crippen MR) is 146 cm³/mol. The number of hydrogen-bond donors (Lipinski definition) is 1. The van der Waals surface area contributed by atoms with Crippen molar-refractivity contribution < 1.29 is 4.39 Å². The number of nitrogens with two attached hydrogens (primary N) is 1. The van der Waals surface area contributed by atoms with Crippen molar-refractivity contribution in [2.24, 2.45) is 0 Å². The van der Waals surface area contributed by atoms with Crippen LogP contribution in [0.15, 0.2) is 48.7 Å². The zero-order valence-corrected chi connectivity index (χ0v) is 21.8. The minimum absolute atomic E-state index is 0.287. The van der Waals surface area contributed by atoms with E-state index in [0.717, 1.165) is 61.5 Å². The molecule has 2 aromatic carbocycles. The summed E-state index contributed by atoms with van der Waals surface area (Å²) in [5, 5.41) is 5.07. The molecule has 3 heterocycles. The molecule has 2 aromatic heterocycles. The lowest BCUT2D eigenvalue weighted by atomic mass is 10.0. The molecule has 1 aliphatic heterocycles. The Kier molecular flexibility index (Phi) is 6.86. The van der Waals surface area contributed by atoms with E-state index >= 15 is 4.39 Å². The van der Waals surface area contributed by atoms with Gasteiger partial charge < -0.3 is 15.5 Å². The Balaban J connectivity index is 1.44. The fourth-order valence-electron chi connectivity index (χ4n) is 5.47. The summed E-state index contributed by atoms with van der Waals surface area (Å²) in [5.74, 6) is 0.157. The van der Waals surface area contributed by atoms with Crippen LogP contribution in [0.2, 0.25) is 5.02 Å². The fraction of sp³-hybridized carbons (Fsp3) is 0.357. The highest BCUT2D eigenvalue weighted by molar-refractivity contribution is 6.30. The van der Waals surface area contributed by atoms with Crippen LogP contribution in [0, 0.1) is 12.7 Å². The van der Waals surface area contributed by atoms with Crippen LogP contribution in [-0.4, -0.2) is 51.7 Å². The highest BCUT2D eigenvalue weighted by Gasteiger charge is 2.24. The summed E-state index contributed by atoms with van der Waals surface area (Å²) in [6.45, 7) is 10.3. The molecule has 1 fully saturated rings. The van der Waals surface area contributed by atoms with Gasteiger partial charge in [-0.05, 0) is 68.8 Å². The molecule has 0 aliphatic carbocycles. The molecule has 1 aliphatic rings. The number of hydrogen-bond acceptors (Lipinski definition) is 5. The predicted octanol–water partition coefficient (Wildman–Crippen LogP) is 6.06. The number of rotatable bonds is 6. The largest absolute Gasteiger partial charge is 0.383 e. The number of fused-ring (bicyclic) bond motifs is 1. The number of nitrogens with zero attached hydrogens (tertiary/aromatic N) is 5. The Morgan fingerprint density at radius 3 is 2.50 bits per heavy atom. The van der Waals surface area contributed by atoms with Crippen molar-refractivity contribution in [3.05, 3.63) is 65.2 Å². The molecule has 8 heteroatoms. The molecule has 36 heavy (non-hydrogen) atoms. The fourth-order valence-corrected chi connectivity index (χ4v) is 5.66. The van der Waals surface area contributed by atoms with Crippen molar-refractivity contribution in [3.63, 3.8) is 0 Å². The maximum absolute atomic E-state index is 15.5. The van der Waals surface area contributed by atoms with Gasteiger partial charge in [0.15, 0.2) is 5.65 Å². The van der Waals surface area contributed by atoms with E-state index in [4.69, 9.17) is 22.3 Å². The molecule has 1 saturated heterocycles. The molecule has 0 spiro atoms. The Morgan fingerprint density at radius 2 is 1.83 bits per heavy atom. The number of benzene rings is 2. The van der Waals surface area contributed by atoms with Gasteiger partial charge in [-0.15, -0.1) is 0 Å². The standard InChI is InChI=1S/C28H32ClFN6/c1-4-34(5-2)21-11-13-35(14-12-21)22-9-10-23(25(30)16-22)24-17-32-36-27(31)26(18(3)33-28(24)36)19-7-6-8-20(29)15-19/h6-10,15-17,21H,4-5,11-14,31H2,1-3H3. The molecular formula is C28H32ClFN6. The van der Waals surface area contributed by atoms with Crippen LogP contribution in [0.3, 0.4) is 0 Å². The van der Waals surface area contributed by atoms with Gasteiger partial charge in [-0.2, -0.15) is 9.61 Å². The van der Waals surface area contributed by atoms with Gasteiger partial charge in [0.2, 0.25) is 0 Å².